The Kier molecular flexibility index (Phi) is 6.74. The Morgan fingerprint density at radius 1 is 1.15 bits per heavy atom. The van der Waals surface area contributed by atoms with Crippen LogP contribution in [0.5, 0.6) is 0 Å². The Morgan fingerprint density at radius 2 is 1.85 bits per heavy atom. The van der Waals surface area contributed by atoms with Gasteiger partial charge in [-0.2, -0.15) is 0 Å². The largest absolute Gasteiger partial charge is 0.0928 e. The van der Waals surface area contributed by atoms with Crippen molar-refractivity contribution in [3.05, 3.63) is 0 Å². The van der Waals surface area contributed by atoms with Crippen molar-refractivity contribution in [2.75, 3.05) is 5.33 Å². The molecule has 1 aliphatic carbocycles. The molecule has 0 radical (unpaired) electrons. The predicted molar refractivity (Wildman–Crippen MR) is 66.9 cm³/mol. The van der Waals surface area contributed by atoms with E-state index in [9.17, 15) is 0 Å². The van der Waals surface area contributed by atoms with Gasteiger partial charge in [-0.15, -0.1) is 0 Å². The SMILES string of the molecule is BrCCCC(Br)CC1CCCCC1. The molecule has 1 rings (SSSR count). The molecule has 0 nitrogen and oxygen atoms in total. The molecule has 1 saturated carbocycles. The van der Waals surface area contributed by atoms with Crippen molar-refractivity contribution < 1.29 is 0 Å². The van der Waals surface area contributed by atoms with Crippen LogP contribution in [0.25, 0.3) is 0 Å². The van der Waals surface area contributed by atoms with Crippen LogP contribution in [0.4, 0.5) is 0 Å². The Bertz CT molecular complexity index is 119. The first-order valence-electron chi connectivity index (χ1n) is 5.53. The summed E-state index contributed by atoms with van der Waals surface area (Å²) in [6, 6.07) is 0. The molecule has 0 spiro atoms. The van der Waals surface area contributed by atoms with Crippen molar-refractivity contribution in [3.63, 3.8) is 0 Å². The van der Waals surface area contributed by atoms with Gasteiger partial charge in [-0.1, -0.05) is 64.0 Å². The van der Waals surface area contributed by atoms with E-state index in [1.807, 2.05) is 0 Å². The zero-order valence-corrected chi connectivity index (χ0v) is 11.4. The van der Waals surface area contributed by atoms with Crippen LogP contribution in [0.3, 0.4) is 0 Å². The van der Waals surface area contributed by atoms with E-state index in [1.165, 1.54) is 51.4 Å². The Balaban J connectivity index is 2.07. The minimum absolute atomic E-state index is 0.771. The van der Waals surface area contributed by atoms with Gasteiger partial charge < -0.3 is 0 Å². The van der Waals surface area contributed by atoms with Crippen molar-refractivity contribution in [1.29, 1.82) is 0 Å². The van der Waals surface area contributed by atoms with Gasteiger partial charge >= 0.3 is 0 Å². The van der Waals surface area contributed by atoms with Crippen molar-refractivity contribution >= 4 is 31.9 Å². The molecule has 0 aromatic carbocycles. The molecule has 1 unspecified atom stereocenters. The third-order valence-corrected chi connectivity index (χ3v) is 4.36. The van der Waals surface area contributed by atoms with Gasteiger partial charge in [-0.25, -0.2) is 0 Å². The normalized spacial score (nSPS) is 21.7. The minimum Gasteiger partial charge on any atom is -0.0928 e. The second-order valence-corrected chi connectivity index (χ2v) is 6.26. The Hall–Kier alpha value is 0.960. The molecule has 0 aromatic rings. The summed E-state index contributed by atoms with van der Waals surface area (Å²) in [5.74, 6) is 1.02. The van der Waals surface area contributed by atoms with Crippen LogP contribution in [-0.4, -0.2) is 10.2 Å². The summed E-state index contributed by atoms with van der Waals surface area (Å²) < 4.78 is 0. The van der Waals surface area contributed by atoms with E-state index in [4.69, 9.17) is 0 Å². The lowest BCUT2D eigenvalue weighted by atomic mass is 9.85. The zero-order valence-electron chi connectivity index (χ0n) is 8.27. The lowest BCUT2D eigenvalue weighted by Gasteiger charge is -2.23. The van der Waals surface area contributed by atoms with Crippen molar-refractivity contribution in [2.24, 2.45) is 5.92 Å². The van der Waals surface area contributed by atoms with Crippen LogP contribution < -0.4 is 0 Å². The second kappa shape index (κ2) is 7.28. The van der Waals surface area contributed by atoms with E-state index in [-0.39, 0.29) is 0 Å². The number of hydrogen-bond donors (Lipinski definition) is 0. The fourth-order valence-corrected chi connectivity index (χ4v) is 3.38. The number of rotatable bonds is 5. The third kappa shape index (κ3) is 5.41. The highest BCUT2D eigenvalue weighted by molar-refractivity contribution is 9.09. The van der Waals surface area contributed by atoms with Crippen LogP contribution in [0, 0.1) is 5.92 Å². The molecule has 0 bridgehead atoms. The van der Waals surface area contributed by atoms with Crippen molar-refractivity contribution in [1.82, 2.24) is 0 Å². The predicted octanol–water partition coefficient (Wildman–Crippen LogP) is 4.90. The molecule has 0 amide bonds. The number of halogens is 2. The average Bonchev–Trinajstić information content (AvgIpc) is 2.16. The maximum Gasteiger partial charge on any atom is 0.0148 e. The maximum absolute atomic E-state index is 3.79. The second-order valence-electron chi connectivity index (χ2n) is 4.17. The highest BCUT2D eigenvalue weighted by Crippen LogP contribution is 2.30. The van der Waals surface area contributed by atoms with E-state index in [1.54, 1.807) is 0 Å². The van der Waals surface area contributed by atoms with Crippen LogP contribution in [0.15, 0.2) is 0 Å². The quantitative estimate of drug-likeness (QED) is 0.634. The van der Waals surface area contributed by atoms with Crippen LogP contribution in [0.1, 0.15) is 51.4 Å². The van der Waals surface area contributed by atoms with Crippen molar-refractivity contribution in [2.45, 2.75) is 56.2 Å². The summed E-state index contributed by atoms with van der Waals surface area (Å²) in [7, 11) is 0. The summed E-state index contributed by atoms with van der Waals surface area (Å²) in [6.07, 6.45) is 11.4. The minimum atomic E-state index is 0.771. The Morgan fingerprint density at radius 3 is 2.46 bits per heavy atom. The van der Waals surface area contributed by atoms with Gasteiger partial charge in [-0.05, 0) is 25.2 Å². The molecule has 13 heavy (non-hydrogen) atoms. The van der Waals surface area contributed by atoms with Gasteiger partial charge in [0.15, 0.2) is 0 Å². The van der Waals surface area contributed by atoms with Gasteiger partial charge in [0.2, 0.25) is 0 Å². The molecule has 0 saturated heterocycles. The van der Waals surface area contributed by atoms with Gasteiger partial charge in [0.1, 0.15) is 0 Å². The average molecular weight is 312 g/mol. The standard InChI is InChI=1S/C11H20Br2/c12-8-4-7-11(13)9-10-5-2-1-3-6-10/h10-11H,1-9H2. The molecular formula is C11H20Br2. The summed E-state index contributed by atoms with van der Waals surface area (Å²) in [5, 5.41) is 1.15. The smallest absolute Gasteiger partial charge is 0.0148 e. The first-order chi connectivity index (χ1) is 6.33. The zero-order chi connectivity index (χ0) is 9.52. The summed E-state index contributed by atoms with van der Waals surface area (Å²) in [5.41, 5.74) is 0. The molecule has 78 valence electrons. The first kappa shape index (κ1) is 12.0. The van der Waals surface area contributed by atoms with Gasteiger partial charge in [0, 0.05) is 10.2 Å². The molecule has 0 heterocycles. The fraction of sp³-hybridized carbons (Fsp3) is 1.00. The maximum atomic E-state index is 3.79. The van der Waals surface area contributed by atoms with E-state index >= 15 is 0 Å². The highest BCUT2D eigenvalue weighted by atomic mass is 79.9. The van der Waals surface area contributed by atoms with Crippen LogP contribution in [0.2, 0.25) is 0 Å². The van der Waals surface area contributed by atoms with E-state index < -0.39 is 0 Å². The summed E-state index contributed by atoms with van der Waals surface area (Å²) >= 11 is 7.28. The lowest BCUT2D eigenvalue weighted by molar-refractivity contribution is 0.334. The number of alkyl halides is 2. The monoisotopic (exact) mass is 310 g/mol. The molecule has 0 aromatic heterocycles. The first-order valence-corrected chi connectivity index (χ1v) is 7.56. The molecular weight excluding hydrogens is 292 g/mol. The fourth-order valence-electron chi connectivity index (χ4n) is 2.20. The van der Waals surface area contributed by atoms with E-state index in [0.717, 1.165) is 16.1 Å². The lowest BCUT2D eigenvalue weighted by Crippen LogP contribution is -2.12. The Labute approximate surface area is 99.1 Å². The molecule has 1 atom stereocenters. The summed E-state index contributed by atoms with van der Waals surface area (Å²) in [4.78, 5) is 0.771. The van der Waals surface area contributed by atoms with E-state index in [2.05, 4.69) is 31.9 Å². The molecule has 1 fully saturated rings. The third-order valence-electron chi connectivity index (χ3n) is 2.96. The molecule has 0 aliphatic heterocycles. The molecule has 0 N–H and O–H groups in total. The molecule has 1 aliphatic rings. The van der Waals surface area contributed by atoms with Gasteiger partial charge in [-0.3, -0.25) is 0 Å². The molecule has 2 heteroatoms. The highest BCUT2D eigenvalue weighted by Gasteiger charge is 2.16. The number of hydrogen-bond acceptors (Lipinski definition) is 0. The van der Waals surface area contributed by atoms with E-state index in [0.29, 0.717) is 0 Å². The summed E-state index contributed by atoms with van der Waals surface area (Å²) in [6.45, 7) is 0. The van der Waals surface area contributed by atoms with Crippen molar-refractivity contribution in [3.8, 4) is 0 Å². The van der Waals surface area contributed by atoms with Crippen LogP contribution >= 0.6 is 31.9 Å². The van der Waals surface area contributed by atoms with Gasteiger partial charge in [0.05, 0.1) is 0 Å². The topological polar surface area (TPSA) is 0 Å². The van der Waals surface area contributed by atoms with Gasteiger partial charge in [0.25, 0.3) is 0 Å². The van der Waals surface area contributed by atoms with Crippen LogP contribution in [-0.2, 0) is 0 Å².